The highest BCUT2D eigenvalue weighted by Gasteiger charge is 2.19. The normalized spacial score (nSPS) is 12.9. The highest BCUT2D eigenvalue weighted by atomic mass is 16.5. The van der Waals surface area contributed by atoms with Crippen molar-refractivity contribution in [3.05, 3.63) is 29.6 Å². The molecule has 0 amide bonds. The van der Waals surface area contributed by atoms with Crippen LogP contribution in [0.1, 0.15) is 126 Å². The lowest BCUT2D eigenvalue weighted by Crippen LogP contribution is -2.22. The van der Waals surface area contributed by atoms with Crippen LogP contribution in [-0.2, 0) is 9.47 Å². The number of hydrogen-bond donors (Lipinski definition) is 0. The van der Waals surface area contributed by atoms with E-state index >= 15 is 0 Å². The average molecular weight is 434 g/mol. The molecule has 2 unspecified atom stereocenters. The molecular weight excluding hydrogens is 390 g/mol. The fraction of sp³-hybridized carbons (Fsp3) is 0.731. The van der Waals surface area contributed by atoms with E-state index in [1.165, 1.54) is 57.8 Å². The summed E-state index contributed by atoms with van der Waals surface area (Å²) < 4.78 is 10.8. The summed E-state index contributed by atoms with van der Waals surface area (Å²) in [6, 6.07) is 4.76. The first-order valence-corrected chi connectivity index (χ1v) is 12.3. The number of ether oxygens (including phenoxy) is 2. The average Bonchev–Trinajstić information content (AvgIpc) is 2.79. The number of esters is 2. The Bertz CT molecular complexity index is 632. The second kappa shape index (κ2) is 16.7. The standard InChI is InChI=1S/C26H43NO4/c1-5-7-8-9-10-11-12-13-14-15-16-20-30-25(28)23-18-17-19-24(27-23)26(29)31-22(4)21(3)6-2/h17-19,21-22H,5-16,20H2,1-4H3. The molecule has 0 fully saturated rings. The zero-order chi connectivity index (χ0) is 22.9. The number of pyridine rings is 1. The SMILES string of the molecule is CCCCCCCCCCCCCOC(=O)c1cccc(C(=O)OC(C)C(C)CC)n1. The molecule has 1 aromatic heterocycles. The van der Waals surface area contributed by atoms with Crippen molar-refractivity contribution in [3.8, 4) is 0 Å². The maximum Gasteiger partial charge on any atom is 0.357 e. The summed E-state index contributed by atoms with van der Waals surface area (Å²) in [5.74, 6) is -0.729. The Morgan fingerprint density at radius 2 is 1.32 bits per heavy atom. The van der Waals surface area contributed by atoms with Crippen LogP contribution in [0.25, 0.3) is 0 Å². The molecular formula is C26H43NO4. The van der Waals surface area contributed by atoms with Gasteiger partial charge in [0.05, 0.1) is 6.61 Å². The predicted molar refractivity (Wildman–Crippen MR) is 125 cm³/mol. The number of carbonyl (C=O) groups is 2. The number of aromatic nitrogens is 1. The lowest BCUT2D eigenvalue weighted by atomic mass is 10.0. The summed E-state index contributed by atoms with van der Waals surface area (Å²) in [5, 5.41) is 0. The minimum absolute atomic E-state index is 0.138. The third-order valence-electron chi connectivity index (χ3n) is 5.89. The van der Waals surface area contributed by atoms with E-state index in [-0.39, 0.29) is 23.4 Å². The summed E-state index contributed by atoms with van der Waals surface area (Å²) >= 11 is 0. The van der Waals surface area contributed by atoms with Gasteiger partial charge in [0.25, 0.3) is 0 Å². The van der Waals surface area contributed by atoms with Crippen molar-refractivity contribution in [1.82, 2.24) is 4.98 Å². The highest BCUT2D eigenvalue weighted by molar-refractivity contribution is 5.91. The Morgan fingerprint density at radius 1 is 0.806 bits per heavy atom. The first-order valence-electron chi connectivity index (χ1n) is 12.3. The van der Waals surface area contributed by atoms with Crippen LogP contribution in [0.5, 0.6) is 0 Å². The van der Waals surface area contributed by atoms with Crippen LogP contribution in [0.3, 0.4) is 0 Å². The molecule has 0 aliphatic rings. The lowest BCUT2D eigenvalue weighted by molar-refractivity contribution is 0.0206. The van der Waals surface area contributed by atoms with Gasteiger partial charge in [-0.15, -0.1) is 0 Å². The molecule has 0 aromatic carbocycles. The maximum absolute atomic E-state index is 12.3. The van der Waals surface area contributed by atoms with Gasteiger partial charge >= 0.3 is 11.9 Å². The summed E-state index contributed by atoms with van der Waals surface area (Å²) in [6.45, 7) is 8.60. The van der Waals surface area contributed by atoms with Crippen molar-refractivity contribution < 1.29 is 19.1 Å². The summed E-state index contributed by atoms with van der Waals surface area (Å²) in [7, 11) is 0. The van der Waals surface area contributed by atoms with Crippen molar-refractivity contribution in [2.24, 2.45) is 5.92 Å². The van der Waals surface area contributed by atoms with Gasteiger partial charge in [0.15, 0.2) is 0 Å². The van der Waals surface area contributed by atoms with E-state index in [2.05, 4.69) is 18.8 Å². The Balaban J connectivity index is 2.22. The van der Waals surface area contributed by atoms with Crippen LogP contribution >= 0.6 is 0 Å². The molecule has 176 valence electrons. The fourth-order valence-electron chi connectivity index (χ4n) is 3.34. The molecule has 0 saturated carbocycles. The van der Waals surface area contributed by atoms with Gasteiger partial charge in [-0.25, -0.2) is 14.6 Å². The second-order valence-electron chi connectivity index (χ2n) is 8.58. The first kappa shape index (κ1) is 27.1. The Morgan fingerprint density at radius 3 is 1.87 bits per heavy atom. The van der Waals surface area contributed by atoms with Crippen molar-refractivity contribution in [1.29, 1.82) is 0 Å². The van der Waals surface area contributed by atoms with Crippen LogP contribution in [-0.4, -0.2) is 29.6 Å². The molecule has 1 aromatic rings. The van der Waals surface area contributed by atoms with Crippen molar-refractivity contribution in [3.63, 3.8) is 0 Å². The maximum atomic E-state index is 12.3. The molecule has 0 N–H and O–H groups in total. The second-order valence-corrected chi connectivity index (χ2v) is 8.58. The molecule has 5 nitrogen and oxygen atoms in total. The quantitative estimate of drug-likeness (QED) is 0.193. The molecule has 5 heteroatoms. The van der Waals surface area contributed by atoms with E-state index in [1.54, 1.807) is 18.2 Å². The van der Waals surface area contributed by atoms with Gasteiger partial charge in [-0.1, -0.05) is 97.5 Å². The van der Waals surface area contributed by atoms with Gasteiger partial charge in [-0.05, 0) is 31.4 Å². The molecule has 31 heavy (non-hydrogen) atoms. The minimum atomic E-state index is -0.507. The van der Waals surface area contributed by atoms with E-state index < -0.39 is 11.9 Å². The Labute approximate surface area is 189 Å². The first-order chi connectivity index (χ1) is 15.0. The van der Waals surface area contributed by atoms with Crippen molar-refractivity contribution in [2.45, 2.75) is 111 Å². The molecule has 1 heterocycles. The Hall–Kier alpha value is -1.91. The predicted octanol–water partition coefficient (Wildman–Crippen LogP) is 7.14. The molecule has 0 radical (unpaired) electrons. The molecule has 1 rings (SSSR count). The van der Waals surface area contributed by atoms with E-state index in [0.717, 1.165) is 19.3 Å². The third-order valence-corrected chi connectivity index (χ3v) is 5.89. The highest BCUT2D eigenvalue weighted by Crippen LogP contribution is 2.14. The largest absolute Gasteiger partial charge is 0.461 e. The number of nitrogens with zero attached hydrogens (tertiary/aromatic N) is 1. The topological polar surface area (TPSA) is 65.5 Å². The smallest absolute Gasteiger partial charge is 0.357 e. The number of unbranched alkanes of at least 4 members (excludes halogenated alkanes) is 10. The van der Waals surface area contributed by atoms with Gasteiger partial charge < -0.3 is 9.47 Å². The van der Waals surface area contributed by atoms with Crippen LogP contribution in [0, 0.1) is 5.92 Å². The van der Waals surface area contributed by atoms with E-state index in [1.807, 2.05) is 13.8 Å². The van der Waals surface area contributed by atoms with Gasteiger partial charge in [0.1, 0.15) is 17.5 Å². The fourth-order valence-corrected chi connectivity index (χ4v) is 3.34. The molecule has 0 bridgehead atoms. The van der Waals surface area contributed by atoms with Gasteiger partial charge in [-0.3, -0.25) is 0 Å². The molecule has 0 spiro atoms. The molecule has 2 atom stereocenters. The summed E-state index contributed by atoms with van der Waals surface area (Å²) in [6.07, 6.45) is 14.5. The van der Waals surface area contributed by atoms with Crippen molar-refractivity contribution >= 4 is 11.9 Å². The monoisotopic (exact) mass is 433 g/mol. The van der Waals surface area contributed by atoms with Crippen LogP contribution in [0.15, 0.2) is 18.2 Å². The van der Waals surface area contributed by atoms with Gasteiger partial charge in [-0.2, -0.15) is 0 Å². The third kappa shape index (κ3) is 11.9. The minimum Gasteiger partial charge on any atom is -0.461 e. The lowest BCUT2D eigenvalue weighted by Gasteiger charge is -2.18. The van der Waals surface area contributed by atoms with E-state index in [4.69, 9.17) is 9.47 Å². The molecule has 0 aliphatic heterocycles. The zero-order valence-electron chi connectivity index (χ0n) is 20.2. The molecule has 0 saturated heterocycles. The van der Waals surface area contributed by atoms with E-state index in [9.17, 15) is 9.59 Å². The van der Waals surface area contributed by atoms with Gasteiger partial charge in [0, 0.05) is 0 Å². The Kier molecular flexibility index (Phi) is 14.6. The number of rotatable bonds is 17. The summed E-state index contributed by atoms with van der Waals surface area (Å²) in [5.41, 5.74) is 0.285. The van der Waals surface area contributed by atoms with Crippen molar-refractivity contribution in [2.75, 3.05) is 6.61 Å². The van der Waals surface area contributed by atoms with Gasteiger partial charge in [0.2, 0.25) is 0 Å². The molecule has 0 aliphatic carbocycles. The van der Waals surface area contributed by atoms with Crippen LogP contribution in [0.4, 0.5) is 0 Å². The number of carbonyl (C=O) groups excluding carboxylic acids is 2. The van der Waals surface area contributed by atoms with E-state index in [0.29, 0.717) is 6.61 Å². The number of hydrogen-bond acceptors (Lipinski definition) is 5. The summed E-state index contributed by atoms with van der Waals surface area (Å²) in [4.78, 5) is 28.7. The van der Waals surface area contributed by atoms with Crippen LogP contribution < -0.4 is 0 Å². The zero-order valence-corrected chi connectivity index (χ0v) is 20.2. The van der Waals surface area contributed by atoms with Crippen LogP contribution in [0.2, 0.25) is 0 Å².